The second-order valence-corrected chi connectivity index (χ2v) is 4.55. The lowest BCUT2D eigenvalue weighted by molar-refractivity contribution is 0.625. The molecule has 0 saturated carbocycles. The minimum Gasteiger partial charge on any atom is -0.381 e. The molecule has 88 valence electrons. The maximum absolute atomic E-state index is 12.9. The molecule has 1 heterocycles. The van der Waals surface area contributed by atoms with Crippen molar-refractivity contribution in [3.8, 4) is 0 Å². The van der Waals surface area contributed by atoms with Gasteiger partial charge in [0.2, 0.25) is 0 Å². The maximum Gasteiger partial charge on any atom is 0.124 e. The van der Waals surface area contributed by atoms with Crippen molar-refractivity contribution in [1.29, 1.82) is 0 Å². The molecule has 1 aromatic carbocycles. The molecule has 1 aliphatic heterocycles. The zero-order valence-corrected chi connectivity index (χ0v) is 9.86. The van der Waals surface area contributed by atoms with Crippen LogP contribution in [-0.4, -0.2) is 19.1 Å². The van der Waals surface area contributed by atoms with Gasteiger partial charge in [-0.05, 0) is 50.6 Å². The van der Waals surface area contributed by atoms with Gasteiger partial charge in [0, 0.05) is 6.04 Å². The second-order valence-electron chi connectivity index (χ2n) is 4.15. The highest BCUT2D eigenvalue weighted by Gasteiger charge is 2.12. The molecule has 0 bridgehead atoms. The summed E-state index contributed by atoms with van der Waals surface area (Å²) >= 11 is 5.97. The Balaban J connectivity index is 2.01. The van der Waals surface area contributed by atoms with Gasteiger partial charge in [-0.25, -0.2) is 4.39 Å². The van der Waals surface area contributed by atoms with Gasteiger partial charge in [-0.2, -0.15) is 0 Å². The number of hydrogen-bond acceptors (Lipinski definition) is 2. The van der Waals surface area contributed by atoms with Crippen molar-refractivity contribution in [2.24, 2.45) is 0 Å². The van der Waals surface area contributed by atoms with E-state index in [0.29, 0.717) is 11.1 Å². The molecule has 4 heteroatoms. The fraction of sp³-hybridized carbons (Fsp3) is 0.500. The number of rotatable bonds is 2. The highest BCUT2D eigenvalue weighted by Crippen LogP contribution is 2.24. The number of hydrogen-bond donors (Lipinski definition) is 2. The quantitative estimate of drug-likeness (QED) is 0.833. The van der Waals surface area contributed by atoms with E-state index in [-0.39, 0.29) is 5.82 Å². The van der Waals surface area contributed by atoms with Crippen LogP contribution in [0, 0.1) is 5.82 Å². The summed E-state index contributed by atoms with van der Waals surface area (Å²) in [5, 5.41) is 7.19. The van der Waals surface area contributed by atoms with Crippen molar-refractivity contribution in [2.45, 2.75) is 25.3 Å². The standard InChI is InChI=1S/C12H16ClFN2/c13-11-8-9(14)3-4-12(11)16-10-2-1-6-15-7-5-10/h3-4,8,10,15-16H,1-2,5-7H2. The summed E-state index contributed by atoms with van der Waals surface area (Å²) in [6.07, 6.45) is 3.37. The molecule has 0 radical (unpaired) electrons. The highest BCUT2D eigenvalue weighted by atomic mass is 35.5. The summed E-state index contributed by atoms with van der Waals surface area (Å²) in [5.41, 5.74) is 0.829. The normalized spacial score (nSPS) is 21.5. The van der Waals surface area contributed by atoms with E-state index in [9.17, 15) is 4.39 Å². The Kier molecular flexibility index (Phi) is 4.02. The zero-order chi connectivity index (χ0) is 11.4. The molecule has 2 N–H and O–H groups in total. The predicted molar refractivity (Wildman–Crippen MR) is 65.5 cm³/mol. The van der Waals surface area contributed by atoms with Gasteiger partial charge >= 0.3 is 0 Å². The Morgan fingerprint density at radius 1 is 1.31 bits per heavy atom. The highest BCUT2D eigenvalue weighted by molar-refractivity contribution is 6.33. The summed E-state index contributed by atoms with van der Waals surface area (Å²) in [7, 11) is 0. The molecule has 1 unspecified atom stereocenters. The minimum absolute atomic E-state index is 0.293. The molecule has 0 amide bonds. The van der Waals surface area contributed by atoms with E-state index in [2.05, 4.69) is 10.6 Å². The van der Waals surface area contributed by atoms with Crippen LogP contribution in [0.2, 0.25) is 5.02 Å². The summed E-state index contributed by atoms with van der Waals surface area (Å²) in [6.45, 7) is 2.10. The van der Waals surface area contributed by atoms with E-state index < -0.39 is 0 Å². The Morgan fingerprint density at radius 2 is 2.19 bits per heavy atom. The fourth-order valence-corrected chi connectivity index (χ4v) is 2.21. The van der Waals surface area contributed by atoms with E-state index >= 15 is 0 Å². The number of anilines is 1. The molecule has 1 aliphatic rings. The Labute approximate surface area is 100 Å². The Hall–Kier alpha value is -0.800. The molecule has 0 spiro atoms. The van der Waals surface area contributed by atoms with Crippen LogP contribution in [0.3, 0.4) is 0 Å². The largest absolute Gasteiger partial charge is 0.381 e. The van der Waals surface area contributed by atoms with E-state index in [1.165, 1.54) is 12.1 Å². The van der Waals surface area contributed by atoms with Crippen molar-refractivity contribution in [2.75, 3.05) is 18.4 Å². The molecule has 1 aromatic rings. The lowest BCUT2D eigenvalue weighted by atomic mass is 10.1. The average Bonchev–Trinajstić information content (AvgIpc) is 2.51. The van der Waals surface area contributed by atoms with Crippen LogP contribution < -0.4 is 10.6 Å². The van der Waals surface area contributed by atoms with Crippen molar-refractivity contribution < 1.29 is 4.39 Å². The van der Waals surface area contributed by atoms with Crippen LogP contribution >= 0.6 is 11.6 Å². The van der Waals surface area contributed by atoms with Gasteiger partial charge in [0.1, 0.15) is 5.82 Å². The van der Waals surface area contributed by atoms with Gasteiger partial charge in [0.25, 0.3) is 0 Å². The first-order valence-electron chi connectivity index (χ1n) is 5.68. The summed E-state index contributed by atoms with van der Waals surface area (Å²) in [5.74, 6) is -0.293. The van der Waals surface area contributed by atoms with E-state index in [4.69, 9.17) is 11.6 Å². The number of benzene rings is 1. The van der Waals surface area contributed by atoms with Crippen molar-refractivity contribution in [3.63, 3.8) is 0 Å². The van der Waals surface area contributed by atoms with Crippen molar-refractivity contribution >= 4 is 17.3 Å². The lowest BCUT2D eigenvalue weighted by Gasteiger charge is -2.18. The third-order valence-electron chi connectivity index (χ3n) is 2.87. The van der Waals surface area contributed by atoms with Gasteiger partial charge in [-0.1, -0.05) is 11.6 Å². The summed E-state index contributed by atoms with van der Waals surface area (Å²) in [6, 6.07) is 4.91. The van der Waals surface area contributed by atoms with Crippen LogP contribution in [-0.2, 0) is 0 Å². The third kappa shape index (κ3) is 3.09. The summed E-state index contributed by atoms with van der Waals surface area (Å²) < 4.78 is 12.9. The molecule has 0 aromatic heterocycles. The van der Waals surface area contributed by atoms with Crippen LogP contribution in [0.15, 0.2) is 18.2 Å². The van der Waals surface area contributed by atoms with Crippen molar-refractivity contribution in [1.82, 2.24) is 5.32 Å². The van der Waals surface area contributed by atoms with Crippen LogP contribution in [0.1, 0.15) is 19.3 Å². The second kappa shape index (κ2) is 5.51. The first-order valence-corrected chi connectivity index (χ1v) is 6.06. The SMILES string of the molecule is Fc1ccc(NC2CCCNCC2)c(Cl)c1. The van der Waals surface area contributed by atoms with Gasteiger partial charge in [-0.3, -0.25) is 0 Å². The lowest BCUT2D eigenvalue weighted by Crippen LogP contribution is -2.21. The topological polar surface area (TPSA) is 24.1 Å². The van der Waals surface area contributed by atoms with Crippen molar-refractivity contribution in [3.05, 3.63) is 29.0 Å². The molecule has 16 heavy (non-hydrogen) atoms. The predicted octanol–water partition coefficient (Wildman–Crippen LogP) is 3.03. The maximum atomic E-state index is 12.9. The van der Waals surface area contributed by atoms with Gasteiger partial charge in [0.15, 0.2) is 0 Å². The van der Waals surface area contributed by atoms with Crippen LogP contribution in [0.5, 0.6) is 0 Å². The molecular formula is C12H16ClFN2. The molecule has 1 saturated heterocycles. The molecule has 2 rings (SSSR count). The van der Waals surface area contributed by atoms with E-state index in [1.54, 1.807) is 6.07 Å². The zero-order valence-electron chi connectivity index (χ0n) is 9.10. The third-order valence-corrected chi connectivity index (χ3v) is 3.18. The number of halogens is 2. The number of nitrogens with one attached hydrogen (secondary N) is 2. The van der Waals surface area contributed by atoms with Crippen LogP contribution in [0.25, 0.3) is 0 Å². The van der Waals surface area contributed by atoms with Gasteiger partial charge in [0.05, 0.1) is 10.7 Å². The smallest absolute Gasteiger partial charge is 0.124 e. The van der Waals surface area contributed by atoms with E-state index in [1.807, 2.05) is 0 Å². The fourth-order valence-electron chi connectivity index (χ4n) is 1.99. The Morgan fingerprint density at radius 3 is 3.00 bits per heavy atom. The molecule has 0 aliphatic carbocycles. The monoisotopic (exact) mass is 242 g/mol. The van der Waals surface area contributed by atoms with Crippen LogP contribution in [0.4, 0.5) is 10.1 Å². The molecule has 2 nitrogen and oxygen atoms in total. The molecule has 1 atom stereocenters. The average molecular weight is 243 g/mol. The molecule has 1 fully saturated rings. The van der Waals surface area contributed by atoms with E-state index in [0.717, 1.165) is 38.0 Å². The molecular weight excluding hydrogens is 227 g/mol. The first-order chi connectivity index (χ1) is 7.75. The first kappa shape index (κ1) is 11.7. The van der Waals surface area contributed by atoms with Gasteiger partial charge < -0.3 is 10.6 Å². The summed E-state index contributed by atoms with van der Waals surface area (Å²) in [4.78, 5) is 0. The Bertz CT molecular complexity index is 349. The van der Waals surface area contributed by atoms with Gasteiger partial charge in [-0.15, -0.1) is 0 Å². The minimum atomic E-state index is -0.293.